The quantitative estimate of drug-likeness (QED) is 0.826. The van der Waals surface area contributed by atoms with Gasteiger partial charge in [0, 0.05) is 18.4 Å². The summed E-state index contributed by atoms with van der Waals surface area (Å²) in [6, 6.07) is 5.55. The number of benzene rings is 1. The molecule has 2 N–H and O–H groups in total. The largest absolute Gasteiger partial charge is 0.384 e. The highest BCUT2D eigenvalue weighted by Crippen LogP contribution is 2.20. The Hall–Kier alpha value is -1.83. The second kappa shape index (κ2) is 7.09. The van der Waals surface area contributed by atoms with E-state index in [9.17, 15) is 4.79 Å². The van der Waals surface area contributed by atoms with Gasteiger partial charge in [0.25, 0.3) is 5.91 Å². The Morgan fingerprint density at radius 3 is 2.70 bits per heavy atom. The summed E-state index contributed by atoms with van der Waals surface area (Å²) in [5.74, 6) is 5.27. The maximum atomic E-state index is 12.1. The zero-order chi connectivity index (χ0) is 15.2. The van der Waals surface area contributed by atoms with Crippen LogP contribution in [0.15, 0.2) is 18.2 Å². The van der Waals surface area contributed by atoms with Gasteiger partial charge in [-0.25, -0.2) is 0 Å². The van der Waals surface area contributed by atoms with Gasteiger partial charge < -0.3 is 15.2 Å². The smallest absolute Gasteiger partial charge is 0.256 e. The summed E-state index contributed by atoms with van der Waals surface area (Å²) in [6.45, 7) is 5.28. The Bertz CT molecular complexity index is 538. The molecule has 0 spiro atoms. The number of rotatable bonds is 4. The Kier molecular flexibility index (Phi) is 5.75. The fraction of sp³-hybridized carbons (Fsp3) is 0.438. The molecular weight excluding hydrogens is 254 g/mol. The van der Waals surface area contributed by atoms with Crippen molar-refractivity contribution in [3.05, 3.63) is 29.3 Å². The summed E-state index contributed by atoms with van der Waals surface area (Å²) >= 11 is 0. The predicted octanol–water partition coefficient (Wildman–Crippen LogP) is 1.96. The van der Waals surface area contributed by atoms with E-state index in [1.807, 2.05) is 25.1 Å². The van der Waals surface area contributed by atoms with Gasteiger partial charge in [-0.05, 0) is 44.0 Å². The van der Waals surface area contributed by atoms with Gasteiger partial charge in [-0.1, -0.05) is 18.8 Å². The molecule has 0 atom stereocenters. The van der Waals surface area contributed by atoms with Crippen molar-refractivity contribution in [1.29, 1.82) is 0 Å². The van der Waals surface area contributed by atoms with Crippen LogP contribution < -0.4 is 5.32 Å². The molecule has 4 nitrogen and oxygen atoms in total. The third-order valence-corrected chi connectivity index (χ3v) is 3.10. The lowest BCUT2D eigenvalue weighted by Crippen LogP contribution is -2.39. The number of amides is 1. The number of aliphatic hydroxyl groups excluding tert-OH is 1. The summed E-state index contributed by atoms with van der Waals surface area (Å²) < 4.78 is 5.16. The van der Waals surface area contributed by atoms with Crippen LogP contribution in [0.3, 0.4) is 0 Å². The maximum absolute atomic E-state index is 12.1. The first-order chi connectivity index (χ1) is 9.44. The van der Waals surface area contributed by atoms with Gasteiger partial charge in [-0.3, -0.25) is 4.79 Å². The van der Waals surface area contributed by atoms with Crippen LogP contribution in [0.4, 0.5) is 5.69 Å². The summed E-state index contributed by atoms with van der Waals surface area (Å²) in [6.07, 6.45) is 0.775. The van der Waals surface area contributed by atoms with Crippen molar-refractivity contribution in [2.24, 2.45) is 0 Å². The molecule has 0 unspecified atom stereocenters. The number of ether oxygens (including phenoxy) is 1. The number of methoxy groups -OCH3 is 1. The molecule has 0 fully saturated rings. The van der Waals surface area contributed by atoms with E-state index in [1.165, 1.54) is 7.11 Å². The van der Waals surface area contributed by atoms with E-state index in [4.69, 9.17) is 9.84 Å². The van der Waals surface area contributed by atoms with E-state index in [0.29, 0.717) is 0 Å². The molecule has 1 aromatic carbocycles. The Morgan fingerprint density at radius 1 is 1.45 bits per heavy atom. The monoisotopic (exact) mass is 275 g/mol. The second-order valence-electron chi connectivity index (χ2n) is 4.85. The Morgan fingerprint density at radius 2 is 2.15 bits per heavy atom. The number of nitrogens with one attached hydrogen (secondary N) is 1. The van der Waals surface area contributed by atoms with Crippen molar-refractivity contribution in [2.45, 2.75) is 32.8 Å². The number of hydrogen-bond donors (Lipinski definition) is 2. The van der Waals surface area contributed by atoms with Crippen LogP contribution in [0.2, 0.25) is 0 Å². The number of aliphatic hydroxyl groups is 1. The van der Waals surface area contributed by atoms with Crippen molar-refractivity contribution >= 4 is 11.6 Å². The third kappa shape index (κ3) is 4.09. The zero-order valence-corrected chi connectivity index (χ0v) is 12.4. The normalized spacial score (nSPS) is 10.7. The van der Waals surface area contributed by atoms with Crippen LogP contribution in [-0.2, 0) is 16.0 Å². The lowest BCUT2D eigenvalue weighted by molar-refractivity contribution is -0.133. The molecule has 0 bridgehead atoms. The van der Waals surface area contributed by atoms with Gasteiger partial charge in [-0.2, -0.15) is 0 Å². The van der Waals surface area contributed by atoms with Gasteiger partial charge in [0.2, 0.25) is 0 Å². The van der Waals surface area contributed by atoms with Gasteiger partial charge in [0.15, 0.2) is 0 Å². The molecule has 0 aromatic heterocycles. The molecule has 1 aromatic rings. The van der Waals surface area contributed by atoms with Crippen molar-refractivity contribution in [1.82, 2.24) is 0 Å². The standard InChI is InChI=1S/C16H21NO3/c1-5-13-11-12(7-6-10-18)8-9-14(13)17-15(19)16(2,3)20-4/h8-9,11,18H,5,10H2,1-4H3,(H,17,19). The molecule has 0 radical (unpaired) electrons. The van der Waals surface area contributed by atoms with Crippen LogP contribution in [0.5, 0.6) is 0 Å². The molecular formula is C16H21NO3. The van der Waals surface area contributed by atoms with Crippen LogP contribution in [0, 0.1) is 11.8 Å². The Labute approximate surface area is 120 Å². The molecule has 1 amide bonds. The Balaban J connectivity index is 2.99. The molecule has 4 heteroatoms. The van der Waals surface area contributed by atoms with E-state index in [-0.39, 0.29) is 12.5 Å². The van der Waals surface area contributed by atoms with E-state index in [2.05, 4.69) is 17.2 Å². The van der Waals surface area contributed by atoms with Crippen LogP contribution >= 0.6 is 0 Å². The number of anilines is 1. The fourth-order valence-electron chi connectivity index (χ4n) is 1.59. The van der Waals surface area contributed by atoms with Crippen LogP contribution in [0.1, 0.15) is 31.9 Å². The van der Waals surface area contributed by atoms with Crippen molar-refractivity contribution in [3.8, 4) is 11.8 Å². The topological polar surface area (TPSA) is 58.6 Å². The fourth-order valence-corrected chi connectivity index (χ4v) is 1.59. The highest BCUT2D eigenvalue weighted by molar-refractivity contribution is 5.97. The summed E-state index contributed by atoms with van der Waals surface area (Å²) in [7, 11) is 1.51. The van der Waals surface area contributed by atoms with E-state index >= 15 is 0 Å². The van der Waals surface area contributed by atoms with E-state index in [0.717, 1.165) is 23.2 Å². The molecule has 1 rings (SSSR count). The first-order valence-electron chi connectivity index (χ1n) is 6.53. The average molecular weight is 275 g/mol. The molecule has 0 aliphatic rings. The lowest BCUT2D eigenvalue weighted by Gasteiger charge is -2.22. The molecule has 0 aliphatic heterocycles. The lowest BCUT2D eigenvalue weighted by atomic mass is 10.0. The minimum absolute atomic E-state index is 0.165. The van der Waals surface area contributed by atoms with E-state index in [1.54, 1.807) is 13.8 Å². The van der Waals surface area contributed by atoms with Crippen molar-refractivity contribution in [3.63, 3.8) is 0 Å². The number of carbonyl (C=O) groups is 1. The van der Waals surface area contributed by atoms with Gasteiger partial charge >= 0.3 is 0 Å². The minimum atomic E-state index is -0.875. The molecule has 0 heterocycles. The maximum Gasteiger partial charge on any atom is 0.256 e. The molecule has 108 valence electrons. The van der Waals surface area contributed by atoms with E-state index < -0.39 is 5.60 Å². The summed E-state index contributed by atoms with van der Waals surface area (Å²) in [5, 5.41) is 11.6. The predicted molar refractivity (Wildman–Crippen MR) is 79.5 cm³/mol. The van der Waals surface area contributed by atoms with Crippen LogP contribution in [0.25, 0.3) is 0 Å². The van der Waals surface area contributed by atoms with Crippen LogP contribution in [-0.4, -0.2) is 30.3 Å². The number of carbonyl (C=O) groups excluding carboxylic acids is 1. The van der Waals surface area contributed by atoms with Crippen molar-refractivity contribution < 1.29 is 14.6 Å². The van der Waals surface area contributed by atoms with Gasteiger partial charge in [0.05, 0.1) is 0 Å². The average Bonchev–Trinajstić information content (AvgIpc) is 2.45. The molecule has 0 saturated heterocycles. The third-order valence-electron chi connectivity index (χ3n) is 3.10. The number of hydrogen-bond acceptors (Lipinski definition) is 3. The second-order valence-corrected chi connectivity index (χ2v) is 4.85. The summed E-state index contributed by atoms with van der Waals surface area (Å²) in [4.78, 5) is 12.1. The molecule has 0 saturated carbocycles. The minimum Gasteiger partial charge on any atom is -0.384 e. The first kappa shape index (κ1) is 16.2. The first-order valence-corrected chi connectivity index (χ1v) is 6.53. The van der Waals surface area contributed by atoms with Crippen molar-refractivity contribution in [2.75, 3.05) is 19.0 Å². The molecule has 0 aliphatic carbocycles. The highest BCUT2D eigenvalue weighted by atomic mass is 16.5. The van der Waals surface area contributed by atoms with Gasteiger partial charge in [0.1, 0.15) is 12.2 Å². The SMILES string of the molecule is CCc1cc(C#CCO)ccc1NC(=O)C(C)(C)OC. The highest BCUT2D eigenvalue weighted by Gasteiger charge is 2.27. The number of aryl methyl sites for hydroxylation is 1. The molecule has 20 heavy (non-hydrogen) atoms. The summed E-state index contributed by atoms with van der Waals surface area (Å²) in [5.41, 5.74) is 1.70. The zero-order valence-electron chi connectivity index (χ0n) is 12.4. The van der Waals surface area contributed by atoms with Gasteiger partial charge in [-0.15, -0.1) is 0 Å².